The van der Waals surface area contributed by atoms with Crippen molar-refractivity contribution in [1.82, 2.24) is 0 Å². The minimum atomic E-state index is -0.0644. The molecule has 2 aromatic rings. The van der Waals surface area contributed by atoms with Crippen LogP contribution in [0.1, 0.15) is 33.7 Å². The van der Waals surface area contributed by atoms with Gasteiger partial charge in [0.1, 0.15) is 0 Å². The molecular formula is C18H19NO. The summed E-state index contributed by atoms with van der Waals surface area (Å²) in [5.74, 6) is 0.0527. The van der Waals surface area contributed by atoms with Crippen molar-refractivity contribution in [3.05, 3.63) is 64.2 Å². The number of nitrogens with one attached hydrogen (secondary N) is 1. The molecule has 20 heavy (non-hydrogen) atoms. The summed E-state index contributed by atoms with van der Waals surface area (Å²) in [6.45, 7) is 6.27. The largest absolute Gasteiger partial charge is 0.325 e. The number of carbonyl (C=O) groups excluding carboxylic acids is 1. The summed E-state index contributed by atoms with van der Waals surface area (Å²) >= 11 is 0. The van der Waals surface area contributed by atoms with Gasteiger partial charge in [0.2, 0.25) is 5.91 Å². The molecule has 0 fully saturated rings. The second-order valence-corrected chi connectivity index (χ2v) is 5.77. The quantitative estimate of drug-likeness (QED) is 0.877. The number of rotatable bonds is 2. The third-order valence-electron chi connectivity index (χ3n) is 4.09. The van der Waals surface area contributed by atoms with Crippen LogP contribution in [0, 0.1) is 20.8 Å². The molecule has 1 aliphatic rings. The van der Waals surface area contributed by atoms with E-state index in [-0.39, 0.29) is 11.8 Å². The SMILES string of the molecule is Cc1ccc(C)c(CC2C(=O)Nc3ccc(C)cc32)c1. The second-order valence-electron chi connectivity index (χ2n) is 5.77. The lowest BCUT2D eigenvalue weighted by Gasteiger charge is -2.12. The van der Waals surface area contributed by atoms with E-state index < -0.39 is 0 Å². The Morgan fingerprint density at radius 1 is 1.00 bits per heavy atom. The Kier molecular flexibility index (Phi) is 3.09. The molecule has 0 saturated heterocycles. The van der Waals surface area contributed by atoms with E-state index >= 15 is 0 Å². The van der Waals surface area contributed by atoms with Crippen LogP contribution < -0.4 is 5.32 Å². The van der Waals surface area contributed by atoms with E-state index in [0.29, 0.717) is 0 Å². The van der Waals surface area contributed by atoms with Crippen LogP contribution >= 0.6 is 0 Å². The van der Waals surface area contributed by atoms with Crippen LogP contribution in [0.5, 0.6) is 0 Å². The second kappa shape index (κ2) is 4.78. The van der Waals surface area contributed by atoms with Crippen LogP contribution in [0.4, 0.5) is 5.69 Å². The van der Waals surface area contributed by atoms with Crippen molar-refractivity contribution in [2.24, 2.45) is 0 Å². The lowest BCUT2D eigenvalue weighted by molar-refractivity contribution is -0.117. The number of carbonyl (C=O) groups is 1. The predicted molar refractivity (Wildman–Crippen MR) is 82.2 cm³/mol. The highest BCUT2D eigenvalue weighted by atomic mass is 16.2. The van der Waals surface area contributed by atoms with Gasteiger partial charge in [-0.25, -0.2) is 0 Å². The summed E-state index contributed by atoms with van der Waals surface area (Å²) in [6, 6.07) is 12.6. The fraction of sp³-hybridized carbons (Fsp3) is 0.278. The van der Waals surface area contributed by atoms with Gasteiger partial charge in [-0.2, -0.15) is 0 Å². The summed E-state index contributed by atoms with van der Waals surface area (Å²) in [4.78, 5) is 12.2. The van der Waals surface area contributed by atoms with Gasteiger partial charge in [0.25, 0.3) is 0 Å². The molecule has 102 valence electrons. The fourth-order valence-electron chi connectivity index (χ4n) is 2.89. The Morgan fingerprint density at radius 3 is 2.50 bits per heavy atom. The molecule has 2 aromatic carbocycles. The maximum absolute atomic E-state index is 12.2. The summed E-state index contributed by atoms with van der Waals surface area (Å²) in [5.41, 5.74) is 7.07. The fourth-order valence-corrected chi connectivity index (χ4v) is 2.89. The third kappa shape index (κ3) is 2.22. The Morgan fingerprint density at radius 2 is 1.70 bits per heavy atom. The molecule has 1 aliphatic heterocycles. The molecule has 1 atom stereocenters. The zero-order chi connectivity index (χ0) is 14.3. The lowest BCUT2D eigenvalue weighted by atomic mass is 9.90. The van der Waals surface area contributed by atoms with Gasteiger partial charge >= 0.3 is 0 Å². The zero-order valence-corrected chi connectivity index (χ0v) is 12.2. The molecule has 2 heteroatoms. The van der Waals surface area contributed by atoms with Gasteiger partial charge in [-0.15, -0.1) is 0 Å². The standard InChI is InChI=1S/C18H19NO/c1-11-4-6-13(3)14(8-11)10-16-15-9-12(2)5-7-17(15)19-18(16)20/h4-9,16H,10H2,1-3H3,(H,19,20). The highest BCUT2D eigenvalue weighted by Crippen LogP contribution is 2.35. The Bertz CT molecular complexity index is 688. The van der Waals surface area contributed by atoms with Crippen LogP contribution in [0.25, 0.3) is 0 Å². The summed E-state index contributed by atoms with van der Waals surface area (Å²) in [5, 5.41) is 2.99. The van der Waals surface area contributed by atoms with Gasteiger partial charge in [-0.1, -0.05) is 41.5 Å². The molecule has 0 radical (unpaired) electrons. The topological polar surface area (TPSA) is 29.1 Å². The molecule has 0 aliphatic carbocycles. The van der Waals surface area contributed by atoms with E-state index in [2.05, 4.69) is 50.4 Å². The molecule has 0 aromatic heterocycles. The van der Waals surface area contributed by atoms with E-state index in [1.165, 1.54) is 22.3 Å². The van der Waals surface area contributed by atoms with Crippen LogP contribution in [0.15, 0.2) is 36.4 Å². The van der Waals surface area contributed by atoms with Crippen molar-refractivity contribution in [3.63, 3.8) is 0 Å². The maximum atomic E-state index is 12.2. The van der Waals surface area contributed by atoms with E-state index in [9.17, 15) is 4.79 Å². The van der Waals surface area contributed by atoms with Crippen LogP contribution in [-0.4, -0.2) is 5.91 Å². The minimum Gasteiger partial charge on any atom is -0.325 e. The molecule has 1 unspecified atom stereocenters. The summed E-state index contributed by atoms with van der Waals surface area (Å²) in [6.07, 6.45) is 0.774. The number of anilines is 1. The number of aryl methyl sites for hydroxylation is 3. The number of amides is 1. The molecule has 0 spiro atoms. The average molecular weight is 265 g/mol. The van der Waals surface area contributed by atoms with E-state index in [0.717, 1.165) is 17.7 Å². The number of hydrogen-bond acceptors (Lipinski definition) is 1. The average Bonchev–Trinajstić information content (AvgIpc) is 2.70. The molecule has 1 amide bonds. The van der Waals surface area contributed by atoms with Crippen molar-refractivity contribution in [2.75, 3.05) is 5.32 Å². The summed E-state index contributed by atoms with van der Waals surface area (Å²) < 4.78 is 0. The maximum Gasteiger partial charge on any atom is 0.232 e. The van der Waals surface area contributed by atoms with E-state index in [1.807, 2.05) is 12.1 Å². The monoisotopic (exact) mass is 265 g/mol. The molecule has 3 rings (SSSR count). The lowest BCUT2D eigenvalue weighted by Crippen LogP contribution is -2.14. The van der Waals surface area contributed by atoms with Crippen molar-refractivity contribution in [1.29, 1.82) is 0 Å². The first kappa shape index (κ1) is 12.9. The normalized spacial score (nSPS) is 16.9. The molecule has 0 bridgehead atoms. The number of hydrogen-bond donors (Lipinski definition) is 1. The van der Waals surface area contributed by atoms with Crippen LogP contribution in [0.3, 0.4) is 0 Å². The Labute approximate surface area is 119 Å². The first-order chi connectivity index (χ1) is 9.54. The van der Waals surface area contributed by atoms with Crippen molar-refractivity contribution in [2.45, 2.75) is 33.1 Å². The van der Waals surface area contributed by atoms with Gasteiger partial charge in [0.15, 0.2) is 0 Å². The Hall–Kier alpha value is -2.09. The van der Waals surface area contributed by atoms with Gasteiger partial charge in [0, 0.05) is 5.69 Å². The van der Waals surface area contributed by atoms with Crippen molar-refractivity contribution >= 4 is 11.6 Å². The van der Waals surface area contributed by atoms with Crippen molar-refractivity contribution < 1.29 is 4.79 Å². The first-order valence-corrected chi connectivity index (χ1v) is 7.02. The Balaban J connectivity index is 1.97. The zero-order valence-electron chi connectivity index (χ0n) is 12.2. The van der Waals surface area contributed by atoms with Crippen LogP contribution in [-0.2, 0) is 11.2 Å². The molecular weight excluding hydrogens is 246 g/mol. The van der Waals surface area contributed by atoms with Gasteiger partial charge < -0.3 is 5.32 Å². The van der Waals surface area contributed by atoms with Gasteiger partial charge in [0.05, 0.1) is 5.92 Å². The third-order valence-corrected chi connectivity index (χ3v) is 4.09. The van der Waals surface area contributed by atoms with Crippen LogP contribution in [0.2, 0.25) is 0 Å². The predicted octanol–water partition coefficient (Wildman–Crippen LogP) is 3.89. The minimum absolute atomic E-state index is 0.0644. The molecule has 2 nitrogen and oxygen atoms in total. The molecule has 1 heterocycles. The van der Waals surface area contributed by atoms with Gasteiger partial charge in [-0.3, -0.25) is 4.79 Å². The van der Waals surface area contributed by atoms with Crippen molar-refractivity contribution in [3.8, 4) is 0 Å². The highest BCUT2D eigenvalue weighted by Gasteiger charge is 2.30. The van der Waals surface area contributed by atoms with E-state index in [1.54, 1.807) is 0 Å². The van der Waals surface area contributed by atoms with E-state index in [4.69, 9.17) is 0 Å². The number of fused-ring (bicyclic) bond motifs is 1. The molecule has 0 saturated carbocycles. The molecule has 1 N–H and O–H groups in total. The number of benzene rings is 2. The first-order valence-electron chi connectivity index (χ1n) is 7.02. The highest BCUT2D eigenvalue weighted by molar-refractivity contribution is 6.03. The smallest absolute Gasteiger partial charge is 0.232 e. The van der Waals surface area contributed by atoms with Gasteiger partial charge in [-0.05, 0) is 49.9 Å². The summed E-state index contributed by atoms with van der Waals surface area (Å²) in [7, 11) is 0.